The van der Waals surface area contributed by atoms with Gasteiger partial charge in [-0.3, -0.25) is 9.97 Å². The summed E-state index contributed by atoms with van der Waals surface area (Å²) in [6.07, 6.45) is -2.15. The predicted octanol–water partition coefficient (Wildman–Crippen LogP) is 8.43. The van der Waals surface area contributed by atoms with Crippen LogP contribution in [0.5, 0.6) is 0 Å². The number of pyridine rings is 2. The molecule has 0 bridgehead atoms. The van der Waals surface area contributed by atoms with Gasteiger partial charge in [0, 0.05) is 42.3 Å². The van der Waals surface area contributed by atoms with E-state index in [2.05, 4.69) is 50.5 Å². The first-order chi connectivity index (χ1) is 31.8. The number of aliphatic hydroxyl groups is 2. The highest BCUT2D eigenvalue weighted by atomic mass is 19.4. The van der Waals surface area contributed by atoms with Gasteiger partial charge in [0.05, 0.1) is 19.7 Å². The Morgan fingerprint density at radius 2 is 1.06 bits per heavy atom. The normalized spacial score (nSPS) is 13.9. The summed E-state index contributed by atoms with van der Waals surface area (Å²) in [4.78, 5) is 7.29. The molecule has 0 radical (unpaired) electrons. The second-order valence-electron chi connectivity index (χ2n) is 14.5. The van der Waals surface area contributed by atoms with E-state index in [1.807, 2.05) is 0 Å². The fourth-order valence-electron chi connectivity index (χ4n) is 6.20. The molecule has 0 saturated heterocycles. The van der Waals surface area contributed by atoms with Crippen molar-refractivity contribution in [2.75, 3.05) is 26.4 Å². The summed E-state index contributed by atoms with van der Waals surface area (Å²) in [5.41, 5.74) is -9.58. The molecule has 28 heteroatoms. The number of ether oxygens (including phenoxy) is 2. The lowest BCUT2D eigenvalue weighted by molar-refractivity contribution is -0.207. The van der Waals surface area contributed by atoms with E-state index in [-0.39, 0.29) is 46.5 Å². The Morgan fingerprint density at radius 1 is 0.586 bits per heavy atom. The molecule has 2 atom stereocenters. The third kappa shape index (κ3) is 14.7. The second kappa shape index (κ2) is 23.9. The average Bonchev–Trinajstić information content (AvgIpc) is 3.98. The molecule has 6 aromatic rings. The maximum absolute atomic E-state index is 15.6. The fraction of sp³-hybridized carbons (Fsp3) is 0.381. The molecule has 0 aliphatic heterocycles. The van der Waals surface area contributed by atoms with Gasteiger partial charge in [-0.2, -0.15) is 43.9 Å². The van der Waals surface area contributed by atoms with E-state index in [4.69, 9.17) is 0 Å². The van der Waals surface area contributed by atoms with Crippen molar-refractivity contribution in [2.45, 2.75) is 76.2 Å². The van der Waals surface area contributed by atoms with Gasteiger partial charge in [0.1, 0.15) is 60.5 Å². The van der Waals surface area contributed by atoms with Crippen molar-refractivity contribution < 1.29 is 81.2 Å². The molecular formula is C42H42F14N10O4. The topological polar surface area (TPSA) is 172 Å². The number of benzene rings is 2. The van der Waals surface area contributed by atoms with Crippen LogP contribution in [0, 0.1) is 23.3 Å². The molecule has 6 rings (SSSR count). The summed E-state index contributed by atoms with van der Waals surface area (Å²) >= 11 is 0. The SMILES string of the molecule is C.C.OC(Cn1cnnn1)(c1ccc(F)cc1F)C(F)(F)c1ccc(/C=C/COCC(F)(F)F)cn1.OC(Cn1cnnn1)(c1ccc(F)cc1F)C(F)(F)c1ccc(CCCOCC(F)(F)F)cn1. The second-order valence-corrected chi connectivity index (χ2v) is 14.5. The summed E-state index contributed by atoms with van der Waals surface area (Å²) in [5, 5.41) is 42.1. The van der Waals surface area contributed by atoms with Crippen LogP contribution in [0.1, 0.15) is 54.9 Å². The molecule has 0 amide bonds. The first kappa shape index (κ1) is 57.8. The van der Waals surface area contributed by atoms with Crippen molar-refractivity contribution >= 4 is 6.08 Å². The van der Waals surface area contributed by atoms with E-state index >= 15 is 17.6 Å². The van der Waals surface area contributed by atoms with Crippen molar-refractivity contribution in [3.05, 3.63) is 149 Å². The van der Waals surface area contributed by atoms with Gasteiger partial charge in [-0.05, 0) is 81.2 Å². The van der Waals surface area contributed by atoms with Gasteiger partial charge in [-0.1, -0.05) is 39.1 Å². The third-order valence-corrected chi connectivity index (χ3v) is 9.42. The minimum atomic E-state index is -4.48. The van der Waals surface area contributed by atoms with Crippen molar-refractivity contribution in [1.82, 2.24) is 50.4 Å². The summed E-state index contributed by atoms with van der Waals surface area (Å²) in [7, 11) is 0. The van der Waals surface area contributed by atoms with Gasteiger partial charge < -0.3 is 19.7 Å². The molecule has 70 heavy (non-hydrogen) atoms. The Labute approximate surface area is 388 Å². The smallest absolute Gasteiger partial charge is 0.377 e. The number of aromatic nitrogens is 10. The molecule has 4 aromatic heterocycles. The molecule has 0 saturated carbocycles. The predicted molar refractivity (Wildman–Crippen MR) is 217 cm³/mol. The van der Waals surface area contributed by atoms with E-state index in [0.717, 1.165) is 58.7 Å². The maximum Gasteiger partial charge on any atom is 0.411 e. The van der Waals surface area contributed by atoms with Gasteiger partial charge in [0.15, 0.2) is 11.2 Å². The van der Waals surface area contributed by atoms with Crippen LogP contribution in [0.25, 0.3) is 6.08 Å². The van der Waals surface area contributed by atoms with Gasteiger partial charge in [-0.15, -0.1) is 10.2 Å². The largest absolute Gasteiger partial charge is 0.411 e. The van der Waals surface area contributed by atoms with Crippen LogP contribution in [-0.4, -0.2) is 99.4 Å². The maximum atomic E-state index is 15.6. The molecule has 4 heterocycles. The van der Waals surface area contributed by atoms with Crippen molar-refractivity contribution in [3.63, 3.8) is 0 Å². The fourth-order valence-corrected chi connectivity index (χ4v) is 6.20. The van der Waals surface area contributed by atoms with Crippen molar-refractivity contribution in [2.24, 2.45) is 0 Å². The zero-order valence-electron chi connectivity index (χ0n) is 34.4. The Balaban J connectivity index is 0.000000360. The van der Waals surface area contributed by atoms with E-state index in [9.17, 15) is 54.1 Å². The highest BCUT2D eigenvalue weighted by Crippen LogP contribution is 2.48. The molecule has 382 valence electrons. The number of nitrogens with zero attached hydrogens (tertiary/aromatic N) is 10. The Hall–Kier alpha value is -6.52. The van der Waals surface area contributed by atoms with E-state index in [1.165, 1.54) is 18.2 Å². The van der Waals surface area contributed by atoms with Gasteiger partial charge >= 0.3 is 24.2 Å². The summed E-state index contributed by atoms with van der Waals surface area (Å²) < 4.78 is 201. The third-order valence-electron chi connectivity index (χ3n) is 9.42. The van der Waals surface area contributed by atoms with Crippen LogP contribution in [0.15, 0.2) is 91.8 Å². The summed E-state index contributed by atoms with van der Waals surface area (Å²) in [5.74, 6) is -13.3. The van der Waals surface area contributed by atoms with Gasteiger partial charge in [0.25, 0.3) is 0 Å². The number of hydrogen-bond donors (Lipinski definition) is 2. The highest BCUT2D eigenvalue weighted by Gasteiger charge is 2.59. The summed E-state index contributed by atoms with van der Waals surface area (Å²) in [6, 6.07) is 7.66. The molecule has 0 fully saturated rings. The zero-order valence-corrected chi connectivity index (χ0v) is 34.4. The molecule has 2 aromatic carbocycles. The van der Waals surface area contributed by atoms with Crippen LogP contribution in [-0.2, 0) is 52.0 Å². The van der Waals surface area contributed by atoms with Crippen LogP contribution in [0.3, 0.4) is 0 Å². The Morgan fingerprint density at radius 3 is 1.46 bits per heavy atom. The highest BCUT2D eigenvalue weighted by molar-refractivity contribution is 5.48. The molecule has 0 spiro atoms. The van der Waals surface area contributed by atoms with E-state index in [1.54, 1.807) is 0 Å². The minimum absolute atomic E-state index is 0. The summed E-state index contributed by atoms with van der Waals surface area (Å²) in [6.45, 7) is -5.42. The number of aryl methyl sites for hydroxylation is 1. The van der Waals surface area contributed by atoms with Gasteiger partial charge in [0.2, 0.25) is 0 Å². The Bertz CT molecular complexity index is 2550. The molecule has 2 unspecified atom stereocenters. The molecular weight excluding hydrogens is 974 g/mol. The number of rotatable bonds is 19. The average molecular weight is 1020 g/mol. The number of alkyl halides is 10. The van der Waals surface area contributed by atoms with Crippen LogP contribution < -0.4 is 0 Å². The molecule has 2 N–H and O–H groups in total. The quantitative estimate of drug-likeness (QED) is 0.0587. The first-order valence-electron chi connectivity index (χ1n) is 19.2. The number of hydrogen-bond acceptors (Lipinski definition) is 12. The van der Waals surface area contributed by atoms with Crippen LogP contribution in [0.4, 0.5) is 61.5 Å². The lowest BCUT2D eigenvalue weighted by atomic mass is 9.84. The molecule has 14 nitrogen and oxygen atoms in total. The number of tetrazole rings is 2. The lowest BCUT2D eigenvalue weighted by Gasteiger charge is -2.35. The molecule has 0 aliphatic rings. The van der Waals surface area contributed by atoms with Crippen molar-refractivity contribution in [1.29, 1.82) is 0 Å². The Kier molecular flexibility index (Phi) is 19.7. The zero-order chi connectivity index (χ0) is 50.0. The van der Waals surface area contributed by atoms with Crippen molar-refractivity contribution in [3.8, 4) is 0 Å². The molecule has 0 aliphatic carbocycles. The minimum Gasteiger partial charge on any atom is -0.377 e. The van der Waals surface area contributed by atoms with Crippen LogP contribution >= 0.6 is 0 Å². The monoisotopic (exact) mass is 1020 g/mol. The van der Waals surface area contributed by atoms with Crippen LogP contribution in [0.2, 0.25) is 0 Å². The van der Waals surface area contributed by atoms with E-state index < -0.39 is 107 Å². The lowest BCUT2D eigenvalue weighted by Crippen LogP contribution is -2.48. The van der Waals surface area contributed by atoms with E-state index in [0.29, 0.717) is 35.9 Å². The number of halogens is 14. The first-order valence-corrected chi connectivity index (χ1v) is 19.2. The standard InChI is InChI=1S/C20H18F7N5O2.C20H16F7N5O2.2CH4/c2*21-14-4-5-15(16(22)8-14)18(33,10-32-12-29-30-31-32)20(26,27)17-6-3-13(9-28-17)2-1-7-34-11-19(23,24)25;;/h3-6,8-9,12,33H,1-2,7,10-11H2;1-6,8-9,12,33H,7,10-11H2;2*1H4/b;2-1+;;. The van der Waals surface area contributed by atoms with Gasteiger partial charge in [-0.25, -0.2) is 26.9 Å².